The molecule has 1 amide bonds. The van der Waals surface area contributed by atoms with Crippen LogP contribution in [0.15, 0.2) is 60.7 Å². The summed E-state index contributed by atoms with van der Waals surface area (Å²) >= 11 is 0. The lowest BCUT2D eigenvalue weighted by atomic mass is 10.2. The fraction of sp³-hybridized carbons (Fsp3) is 0.190. The number of amides is 1. The number of nitrogens with one attached hydrogen (secondary N) is 2. The molecule has 0 bridgehead atoms. The maximum atomic E-state index is 12.0. The average Bonchev–Trinajstić information content (AvgIpc) is 3.27. The number of carbonyl (C=O) groups is 1. The molecule has 30 heavy (non-hydrogen) atoms. The highest BCUT2D eigenvalue weighted by molar-refractivity contribution is 5.99. The number of allylic oxidation sites excluding steroid dienone is 1. The van der Waals surface area contributed by atoms with E-state index in [-0.39, 0.29) is 5.91 Å². The maximum absolute atomic E-state index is 12.0. The number of hydrogen-bond donors (Lipinski definition) is 2. The topological polar surface area (TPSA) is 103 Å². The number of fused-ring (bicyclic) bond motifs is 1. The first-order valence-corrected chi connectivity index (χ1v) is 9.45. The number of benzene rings is 1. The molecule has 0 radical (unpaired) electrons. The van der Waals surface area contributed by atoms with Gasteiger partial charge >= 0.3 is 0 Å². The number of aromatic nitrogens is 6. The van der Waals surface area contributed by atoms with Crippen molar-refractivity contribution in [2.75, 3.05) is 10.6 Å². The van der Waals surface area contributed by atoms with E-state index in [0.717, 1.165) is 33.5 Å². The molecule has 152 valence electrons. The molecule has 2 N–H and O–H groups in total. The molecule has 0 atom stereocenters. The van der Waals surface area contributed by atoms with E-state index >= 15 is 0 Å². The summed E-state index contributed by atoms with van der Waals surface area (Å²) in [4.78, 5) is 20.9. The standard InChI is InChI=1S/C21H22N8O/c1-14(2)7-19(30)25-17-6-4-5-15(8-17)12-29-20-16(10-24-29)9-22-21(27-20)26-18-11-23-28(3)13-18/h4-11,13H,12H2,1-3H3,(H,25,30)(H,22,26,27). The van der Waals surface area contributed by atoms with Gasteiger partial charge in [0.15, 0.2) is 5.65 Å². The molecule has 9 heteroatoms. The van der Waals surface area contributed by atoms with Gasteiger partial charge in [0.05, 0.1) is 30.0 Å². The van der Waals surface area contributed by atoms with Crippen molar-refractivity contribution in [3.05, 3.63) is 66.3 Å². The summed E-state index contributed by atoms with van der Waals surface area (Å²) in [6, 6.07) is 7.68. The van der Waals surface area contributed by atoms with E-state index in [4.69, 9.17) is 0 Å². The first-order valence-electron chi connectivity index (χ1n) is 9.45. The van der Waals surface area contributed by atoms with Gasteiger partial charge in [0.1, 0.15) is 0 Å². The second-order valence-electron chi connectivity index (χ2n) is 7.21. The van der Waals surface area contributed by atoms with Crippen LogP contribution in [0.3, 0.4) is 0 Å². The van der Waals surface area contributed by atoms with Gasteiger partial charge in [-0.1, -0.05) is 17.7 Å². The molecule has 0 unspecified atom stereocenters. The summed E-state index contributed by atoms with van der Waals surface area (Å²) in [6.07, 6.45) is 8.60. The molecule has 0 aliphatic rings. The van der Waals surface area contributed by atoms with Crippen molar-refractivity contribution in [2.24, 2.45) is 7.05 Å². The molecule has 3 aromatic heterocycles. The molecule has 0 aliphatic heterocycles. The third-order valence-electron chi connectivity index (χ3n) is 4.28. The molecule has 0 aliphatic carbocycles. The summed E-state index contributed by atoms with van der Waals surface area (Å²) in [7, 11) is 1.85. The molecule has 0 spiro atoms. The molecule has 4 aromatic rings. The molecule has 0 saturated heterocycles. The van der Waals surface area contributed by atoms with Crippen LogP contribution in [0.4, 0.5) is 17.3 Å². The van der Waals surface area contributed by atoms with Crippen LogP contribution in [0, 0.1) is 0 Å². The summed E-state index contributed by atoms with van der Waals surface area (Å²) in [5.41, 5.74) is 4.20. The molecule has 1 aromatic carbocycles. The van der Waals surface area contributed by atoms with E-state index in [1.54, 1.807) is 29.3 Å². The van der Waals surface area contributed by atoms with Crippen LogP contribution < -0.4 is 10.6 Å². The number of hydrogen-bond acceptors (Lipinski definition) is 6. The monoisotopic (exact) mass is 402 g/mol. The second kappa shape index (κ2) is 8.16. The van der Waals surface area contributed by atoms with Crippen LogP contribution in [0.1, 0.15) is 19.4 Å². The van der Waals surface area contributed by atoms with Crippen molar-refractivity contribution in [2.45, 2.75) is 20.4 Å². The van der Waals surface area contributed by atoms with Crippen molar-refractivity contribution in [1.82, 2.24) is 29.5 Å². The molecule has 0 fully saturated rings. The van der Waals surface area contributed by atoms with Crippen molar-refractivity contribution in [3.63, 3.8) is 0 Å². The van der Waals surface area contributed by atoms with Crippen molar-refractivity contribution in [1.29, 1.82) is 0 Å². The minimum Gasteiger partial charge on any atom is -0.323 e. The predicted octanol–water partition coefficient (Wildman–Crippen LogP) is 3.26. The number of rotatable bonds is 6. The number of anilines is 3. The lowest BCUT2D eigenvalue weighted by Crippen LogP contribution is -2.09. The normalized spacial score (nSPS) is 10.8. The Morgan fingerprint density at radius 3 is 2.77 bits per heavy atom. The van der Waals surface area contributed by atoms with Crippen molar-refractivity contribution >= 4 is 34.3 Å². The van der Waals surface area contributed by atoms with E-state index in [2.05, 4.69) is 30.8 Å². The van der Waals surface area contributed by atoms with Crippen LogP contribution in [-0.4, -0.2) is 35.4 Å². The summed E-state index contributed by atoms with van der Waals surface area (Å²) < 4.78 is 3.51. The Morgan fingerprint density at radius 1 is 1.13 bits per heavy atom. The highest BCUT2D eigenvalue weighted by Gasteiger charge is 2.09. The van der Waals surface area contributed by atoms with Gasteiger partial charge in [-0.15, -0.1) is 0 Å². The van der Waals surface area contributed by atoms with E-state index in [0.29, 0.717) is 12.5 Å². The molecular weight excluding hydrogens is 380 g/mol. The Hall–Kier alpha value is -4.01. The Kier molecular flexibility index (Phi) is 5.25. The zero-order valence-corrected chi connectivity index (χ0v) is 17.0. The molecule has 4 rings (SSSR count). The van der Waals surface area contributed by atoms with Crippen LogP contribution in [-0.2, 0) is 18.4 Å². The van der Waals surface area contributed by atoms with E-state index < -0.39 is 0 Å². The maximum Gasteiger partial charge on any atom is 0.248 e. The largest absolute Gasteiger partial charge is 0.323 e. The zero-order chi connectivity index (χ0) is 21.1. The lowest BCUT2D eigenvalue weighted by Gasteiger charge is -2.08. The summed E-state index contributed by atoms with van der Waals surface area (Å²) in [5.74, 6) is 0.329. The molecule has 3 heterocycles. The van der Waals surface area contributed by atoms with Crippen LogP contribution in [0.5, 0.6) is 0 Å². The SMILES string of the molecule is CC(C)=CC(=O)Nc1cccc(Cn2ncc3cnc(Nc4cnn(C)c4)nc32)c1. The van der Waals surface area contributed by atoms with Gasteiger partial charge in [-0.3, -0.25) is 9.48 Å². The summed E-state index contributed by atoms with van der Waals surface area (Å²) in [6.45, 7) is 4.29. The fourth-order valence-electron chi connectivity index (χ4n) is 3.02. The van der Waals surface area contributed by atoms with Crippen molar-refractivity contribution < 1.29 is 4.79 Å². The smallest absolute Gasteiger partial charge is 0.248 e. The Bertz CT molecular complexity index is 1230. The van der Waals surface area contributed by atoms with Gasteiger partial charge in [0, 0.05) is 31.2 Å². The third kappa shape index (κ3) is 4.52. The van der Waals surface area contributed by atoms with Gasteiger partial charge in [-0.05, 0) is 31.5 Å². The quantitative estimate of drug-likeness (QED) is 0.480. The Balaban J connectivity index is 1.55. The molecule has 0 saturated carbocycles. The molecule has 9 nitrogen and oxygen atoms in total. The van der Waals surface area contributed by atoms with E-state index in [1.165, 1.54) is 0 Å². The van der Waals surface area contributed by atoms with Gasteiger partial charge in [0.25, 0.3) is 0 Å². The number of aryl methyl sites for hydroxylation is 1. The second-order valence-corrected chi connectivity index (χ2v) is 7.21. The lowest BCUT2D eigenvalue weighted by molar-refractivity contribution is -0.111. The Morgan fingerprint density at radius 2 is 2.00 bits per heavy atom. The van der Waals surface area contributed by atoms with Gasteiger partial charge in [-0.25, -0.2) is 9.67 Å². The van der Waals surface area contributed by atoms with Crippen LogP contribution in [0.25, 0.3) is 11.0 Å². The number of carbonyl (C=O) groups excluding carboxylic acids is 1. The fourth-order valence-corrected chi connectivity index (χ4v) is 3.02. The van der Waals surface area contributed by atoms with E-state index in [9.17, 15) is 4.79 Å². The van der Waals surface area contributed by atoms with Gasteiger partial charge < -0.3 is 10.6 Å². The summed E-state index contributed by atoms with van der Waals surface area (Å²) in [5, 5.41) is 15.4. The van der Waals surface area contributed by atoms with Crippen molar-refractivity contribution in [3.8, 4) is 0 Å². The molecular formula is C21H22N8O. The first kappa shape index (κ1) is 19.3. The first-order chi connectivity index (χ1) is 14.5. The predicted molar refractivity (Wildman–Crippen MR) is 115 cm³/mol. The minimum atomic E-state index is -0.143. The van der Waals surface area contributed by atoms with Gasteiger partial charge in [-0.2, -0.15) is 15.2 Å². The highest BCUT2D eigenvalue weighted by Crippen LogP contribution is 2.18. The average molecular weight is 402 g/mol. The van der Waals surface area contributed by atoms with Gasteiger partial charge in [0.2, 0.25) is 11.9 Å². The zero-order valence-electron chi connectivity index (χ0n) is 17.0. The van der Waals surface area contributed by atoms with Crippen LogP contribution >= 0.6 is 0 Å². The number of nitrogens with zero attached hydrogens (tertiary/aromatic N) is 6. The third-order valence-corrected chi connectivity index (χ3v) is 4.28. The Labute approximate surface area is 173 Å². The minimum absolute atomic E-state index is 0.143. The highest BCUT2D eigenvalue weighted by atomic mass is 16.1. The van der Waals surface area contributed by atoms with E-state index in [1.807, 2.05) is 56.0 Å². The van der Waals surface area contributed by atoms with Crippen LogP contribution in [0.2, 0.25) is 0 Å².